The molecule has 1 spiro atoms. The Bertz CT molecular complexity index is 486. The molecule has 1 aromatic heterocycles. The zero-order valence-corrected chi connectivity index (χ0v) is 12.5. The summed E-state index contributed by atoms with van der Waals surface area (Å²) in [6, 6.07) is 3.94. The normalized spacial score (nSPS) is 23.3. The molecule has 5 heteroatoms. The summed E-state index contributed by atoms with van der Waals surface area (Å²) in [6.07, 6.45) is 5.63. The smallest absolute Gasteiger partial charge is 0.219 e. The predicted octanol–water partition coefficient (Wildman–Crippen LogP) is 1.63. The number of rotatable bonds is 5. The highest BCUT2D eigenvalue weighted by Crippen LogP contribution is 2.41. The molecule has 1 unspecified atom stereocenters. The van der Waals surface area contributed by atoms with Crippen molar-refractivity contribution < 1.29 is 14.3 Å². The third-order valence-corrected chi connectivity index (χ3v) is 4.59. The Labute approximate surface area is 125 Å². The Balaban J connectivity index is 1.42. The van der Waals surface area contributed by atoms with Crippen LogP contribution >= 0.6 is 0 Å². The molecule has 0 aromatic carbocycles. The number of pyridine rings is 1. The van der Waals surface area contributed by atoms with Crippen LogP contribution in [0, 0.1) is 5.92 Å². The molecule has 21 heavy (non-hydrogen) atoms. The molecule has 2 fully saturated rings. The fourth-order valence-corrected chi connectivity index (χ4v) is 3.26. The third-order valence-electron chi connectivity index (χ3n) is 4.59. The minimum absolute atomic E-state index is 0.0916. The van der Waals surface area contributed by atoms with E-state index in [4.69, 9.17) is 9.47 Å². The molecule has 0 saturated carbocycles. The molecule has 1 aromatic rings. The third kappa shape index (κ3) is 3.09. The second-order valence-electron chi connectivity index (χ2n) is 5.97. The Morgan fingerprint density at radius 2 is 2.24 bits per heavy atom. The summed E-state index contributed by atoms with van der Waals surface area (Å²) in [5.41, 5.74) is 1.06. The number of aromatic nitrogens is 1. The molecule has 5 nitrogen and oxygen atoms in total. The van der Waals surface area contributed by atoms with Crippen molar-refractivity contribution in [3.05, 3.63) is 30.1 Å². The van der Waals surface area contributed by atoms with Gasteiger partial charge in [0.25, 0.3) is 0 Å². The van der Waals surface area contributed by atoms with Crippen molar-refractivity contribution >= 4 is 5.91 Å². The molecule has 0 bridgehead atoms. The highest BCUT2D eigenvalue weighted by atomic mass is 16.5. The van der Waals surface area contributed by atoms with Crippen LogP contribution in [0.1, 0.15) is 25.3 Å². The fourth-order valence-electron chi connectivity index (χ4n) is 3.26. The molecule has 0 aliphatic carbocycles. The minimum atomic E-state index is -0.0916. The van der Waals surface area contributed by atoms with E-state index in [-0.39, 0.29) is 11.5 Å². The van der Waals surface area contributed by atoms with Crippen LogP contribution in [0.3, 0.4) is 0 Å². The molecule has 114 valence electrons. The Hall–Kier alpha value is -1.46. The SMILES string of the molecule is CC(=O)N1CC2(C1)OCCC2CCOCc1ccncc1. The van der Waals surface area contributed by atoms with Crippen LogP contribution in [0.4, 0.5) is 0 Å². The van der Waals surface area contributed by atoms with Crippen LogP contribution in [0.2, 0.25) is 0 Å². The fraction of sp³-hybridized carbons (Fsp3) is 0.625. The van der Waals surface area contributed by atoms with Crippen molar-refractivity contribution in [2.24, 2.45) is 5.92 Å². The number of hydrogen-bond donors (Lipinski definition) is 0. The van der Waals surface area contributed by atoms with Gasteiger partial charge in [0.05, 0.1) is 19.7 Å². The number of likely N-dealkylation sites (tertiary alicyclic amines) is 1. The zero-order chi connectivity index (χ0) is 14.7. The van der Waals surface area contributed by atoms with Crippen molar-refractivity contribution in [3.63, 3.8) is 0 Å². The summed E-state index contributed by atoms with van der Waals surface area (Å²) in [5.74, 6) is 0.648. The molecule has 0 N–H and O–H groups in total. The lowest BCUT2D eigenvalue weighted by Gasteiger charge is -2.50. The van der Waals surface area contributed by atoms with Crippen LogP contribution < -0.4 is 0 Å². The number of amides is 1. The maximum atomic E-state index is 11.3. The van der Waals surface area contributed by atoms with E-state index in [0.29, 0.717) is 12.5 Å². The Morgan fingerprint density at radius 3 is 2.95 bits per heavy atom. The van der Waals surface area contributed by atoms with Gasteiger partial charge < -0.3 is 14.4 Å². The first-order valence-corrected chi connectivity index (χ1v) is 7.56. The van der Waals surface area contributed by atoms with Gasteiger partial charge in [-0.2, -0.15) is 0 Å². The van der Waals surface area contributed by atoms with Gasteiger partial charge in [-0.1, -0.05) is 0 Å². The lowest BCUT2D eigenvalue weighted by Crippen LogP contribution is -2.65. The standard InChI is InChI=1S/C16H22N2O3/c1-13(19)18-11-16(12-18)15(5-9-21-16)4-8-20-10-14-2-6-17-7-3-14/h2-3,6-7,15H,4-5,8-12H2,1H3. The minimum Gasteiger partial charge on any atom is -0.377 e. The predicted molar refractivity (Wildman–Crippen MR) is 77.6 cm³/mol. The molecular formula is C16H22N2O3. The average molecular weight is 290 g/mol. The molecule has 3 heterocycles. The van der Waals surface area contributed by atoms with Crippen LogP contribution in [0.25, 0.3) is 0 Å². The lowest BCUT2D eigenvalue weighted by molar-refractivity contribution is -0.164. The second-order valence-corrected chi connectivity index (χ2v) is 5.97. The summed E-state index contributed by atoms with van der Waals surface area (Å²) in [7, 11) is 0. The number of carbonyl (C=O) groups is 1. The molecule has 1 amide bonds. The van der Waals surface area contributed by atoms with Gasteiger partial charge in [-0.3, -0.25) is 9.78 Å². The quantitative estimate of drug-likeness (QED) is 0.773. The molecule has 1 atom stereocenters. The first kappa shape index (κ1) is 14.5. The van der Waals surface area contributed by atoms with E-state index in [1.54, 1.807) is 19.3 Å². The molecule has 2 saturated heterocycles. The lowest BCUT2D eigenvalue weighted by atomic mass is 9.79. The molecule has 3 rings (SSSR count). The molecule has 2 aliphatic heterocycles. The van der Waals surface area contributed by atoms with Crippen molar-refractivity contribution in [2.75, 3.05) is 26.3 Å². The summed E-state index contributed by atoms with van der Waals surface area (Å²) < 4.78 is 11.7. The van der Waals surface area contributed by atoms with Gasteiger partial charge in [0.15, 0.2) is 0 Å². The first-order valence-electron chi connectivity index (χ1n) is 7.56. The highest BCUT2D eigenvalue weighted by Gasteiger charge is 2.53. The van der Waals surface area contributed by atoms with E-state index < -0.39 is 0 Å². The van der Waals surface area contributed by atoms with E-state index in [1.807, 2.05) is 17.0 Å². The zero-order valence-electron chi connectivity index (χ0n) is 12.5. The molecular weight excluding hydrogens is 268 g/mol. The van der Waals surface area contributed by atoms with Crippen LogP contribution in [0.15, 0.2) is 24.5 Å². The molecule has 2 aliphatic rings. The van der Waals surface area contributed by atoms with Gasteiger partial charge in [0, 0.05) is 32.5 Å². The van der Waals surface area contributed by atoms with Crippen LogP contribution in [-0.4, -0.2) is 47.7 Å². The van der Waals surface area contributed by atoms with Gasteiger partial charge in [-0.05, 0) is 36.5 Å². The first-order chi connectivity index (χ1) is 10.2. The van der Waals surface area contributed by atoms with E-state index in [9.17, 15) is 4.79 Å². The van der Waals surface area contributed by atoms with Gasteiger partial charge in [-0.25, -0.2) is 0 Å². The maximum absolute atomic E-state index is 11.3. The summed E-state index contributed by atoms with van der Waals surface area (Å²) in [4.78, 5) is 17.2. The van der Waals surface area contributed by atoms with E-state index in [0.717, 1.165) is 44.7 Å². The van der Waals surface area contributed by atoms with Crippen molar-refractivity contribution in [1.29, 1.82) is 0 Å². The summed E-state index contributed by atoms with van der Waals surface area (Å²) in [6.45, 7) is 5.28. The topological polar surface area (TPSA) is 51.7 Å². The summed E-state index contributed by atoms with van der Waals surface area (Å²) in [5, 5.41) is 0. The van der Waals surface area contributed by atoms with E-state index >= 15 is 0 Å². The van der Waals surface area contributed by atoms with Crippen molar-refractivity contribution in [2.45, 2.75) is 32.0 Å². The second kappa shape index (κ2) is 6.12. The number of carbonyl (C=O) groups excluding carboxylic acids is 1. The van der Waals surface area contributed by atoms with Gasteiger partial charge in [-0.15, -0.1) is 0 Å². The monoisotopic (exact) mass is 290 g/mol. The number of nitrogens with zero attached hydrogens (tertiary/aromatic N) is 2. The van der Waals surface area contributed by atoms with Crippen LogP contribution in [-0.2, 0) is 20.9 Å². The van der Waals surface area contributed by atoms with Gasteiger partial charge >= 0.3 is 0 Å². The average Bonchev–Trinajstić information content (AvgIpc) is 2.87. The number of ether oxygens (including phenoxy) is 2. The summed E-state index contributed by atoms with van der Waals surface area (Å²) >= 11 is 0. The maximum Gasteiger partial charge on any atom is 0.219 e. The van der Waals surface area contributed by atoms with E-state index in [2.05, 4.69) is 4.98 Å². The highest BCUT2D eigenvalue weighted by molar-refractivity contribution is 5.74. The van der Waals surface area contributed by atoms with Gasteiger partial charge in [0.2, 0.25) is 5.91 Å². The largest absolute Gasteiger partial charge is 0.377 e. The Morgan fingerprint density at radius 1 is 1.48 bits per heavy atom. The Kier molecular flexibility index (Phi) is 4.22. The van der Waals surface area contributed by atoms with Crippen molar-refractivity contribution in [3.8, 4) is 0 Å². The number of hydrogen-bond acceptors (Lipinski definition) is 4. The molecule has 0 radical (unpaired) electrons. The van der Waals surface area contributed by atoms with Crippen molar-refractivity contribution in [1.82, 2.24) is 9.88 Å². The van der Waals surface area contributed by atoms with Gasteiger partial charge in [0.1, 0.15) is 5.60 Å². The van der Waals surface area contributed by atoms with Crippen LogP contribution in [0.5, 0.6) is 0 Å². The van der Waals surface area contributed by atoms with E-state index in [1.165, 1.54) is 0 Å².